The van der Waals surface area contributed by atoms with Gasteiger partial charge in [-0.2, -0.15) is 0 Å². The Kier molecular flexibility index (Phi) is 3.96. The van der Waals surface area contributed by atoms with Crippen molar-refractivity contribution in [1.29, 1.82) is 0 Å². The second-order valence-electron chi connectivity index (χ2n) is 4.25. The number of hydrogen-bond donors (Lipinski definition) is 1. The van der Waals surface area contributed by atoms with Crippen LogP contribution in [0.15, 0.2) is 12.3 Å². The molecule has 0 bridgehead atoms. The normalized spacial score (nSPS) is 18.1. The zero-order chi connectivity index (χ0) is 14.0. The van der Waals surface area contributed by atoms with Crippen LogP contribution < -0.4 is 5.32 Å². The maximum Gasteiger partial charge on any atom is 0.255 e. The van der Waals surface area contributed by atoms with Crippen LogP contribution in [-0.4, -0.2) is 55.9 Å². The van der Waals surface area contributed by atoms with E-state index in [1.54, 1.807) is 7.05 Å². The molecule has 2 rings (SSSR count). The van der Waals surface area contributed by atoms with Crippen LogP contribution >= 0.6 is 11.6 Å². The van der Waals surface area contributed by atoms with E-state index in [0.717, 1.165) is 0 Å². The largest absolute Gasteiger partial charge is 0.372 e. The van der Waals surface area contributed by atoms with Gasteiger partial charge in [0.15, 0.2) is 9.84 Å². The molecule has 8 heteroatoms. The zero-order valence-corrected chi connectivity index (χ0v) is 12.0. The van der Waals surface area contributed by atoms with Gasteiger partial charge in [0.2, 0.25) is 0 Å². The van der Waals surface area contributed by atoms with Gasteiger partial charge < -0.3 is 10.2 Å². The van der Waals surface area contributed by atoms with E-state index in [9.17, 15) is 13.2 Å². The Morgan fingerprint density at radius 3 is 2.58 bits per heavy atom. The lowest BCUT2D eigenvalue weighted by molar-refractivity contribution is 0.0770. The molecule has 6 nitrogen and oxygen atoms in total. The number of nitrogens with zero attached hydrogens (tertiary/aromatic N) is 2. The Bertz CT molecular complexity index is 589. The van der Waals surface area contributed by atoms with Crippen LogP contribution in [0, 0.1) is 0 Å². The van der Waals surface area contributed by atoms with Crippen molar-refractivity contribution in [1.82, 2.24) is 9.88 Å². The van der Waals surface area contributed by atoms with Crippen LogP contribution in [0.4, 0.5) is 5.82 Å². The molecule has 1 amide bonds. The highest BCUT2D eigenvalue weighted by molar-refractivity contribution is 7.91. The summed E-state index contributed by atoms with van der Waals surface area (Å²) in [5.74, 6) is 0.273. The molecule has 1 aromatic rings. The molecule has 0 atom stereocenters. The molecule has 0 saturated carbocycles. The summed E-state index contributed by atoms with van der Waals surface area (Å²) in [4.78, 5) is 17.7. The number of aromatic nitrogens is 1. The summed E-state index contributed by atoms with van der Waals surface area (Å²) in [7, 11) is -1.31. The first kappa shape index (κ1) is 14.1. The lowest BCUT2D eigenvalue weighted by atomic mass is 10.2. The van der Waals surface area contributed by atoms with Gasteiger partial charge in [0.05, 0.1) is 22.1 Å². The summed E-state index contributed by atoms with van der Waals surface area (Å²) >= 11 is 5.97. The Morgan fingerprint density at radius 1 is 1.42 bits per heavy atom. The average Bonchev–Trinajstić information content (AvgIpc) is 2.38. The number of sulfone groups is 1. The lowest BCUT2D eigenvalue weighted by Crippen LogP contribution is -2.43. The fourth-order valence-corrected chi connectivity index (χ4v) is 3.30. The SMILES string of the molecule is CNc1ncc(C(=O)N2CCS(=O)(=O)CC2)cc1Cl. The molecule has 1 fully saturated rings. The maximum atomic E-state index is 12.2. The molecule has 0 unspecified atom stereocenters. The zero-order valence-electron chi connectivity index (χ0n) is 10.4. The molecule has 1 saturated heterocycles. The van der Waals surface area contributed by atoms with E-state index in [1.165, 1.54) is 17.2 Å². The molecule has 0 aliphatic carbocycles. The Balaban J connectivity index is 2.14. The number of amides is 1. The van der Waals surface area contributed by atoms with E-state index >= 15 is 0 Å². The predicted octanol–water partition coefficient (Wildman–Crippen LogP) is 0.647. The van der Waals surface area contributed by atoms with E-state index in [4.69, 9.17) is 11.6 Å². The van der Waals surface area contributed by atoms with Crippen LogP contribution in [0.25, 0.3) is 0 Å². The maximum absolute atomic E-state index is 12.2. The first-order chi connectivity index (χ1) is 8.93. The van der Waals surface area contributed by atoms with Crippen molar-refractivity contribution >= 4 is 33.2 Å². The third kappa shape index (κ3) is 3.16. The summed E-state index contributed by atoms with van der Waals surface area (Å²) in [5.41, 5.74) is 0.364. The molecule has 1 aliphatic heterocycles. The summed E-state index contributed by atoms with van der Waals surface area (Å²) in [6.45, 7) is 0.430. The standard InChI is InChI=1S/C11H14ClN3O3S/c1-13-10-9(12)6-8(7-14-10)11(16)15-2-4-19(17,18)5-3-15/h6-7H,2-5H2,1H3,(H,13,14). The second-order valence-corrected chi connectivity index (χ2v) is 6.96. The molecule has 1 N–H and O–H groups in total. The van der Waals surface area contributed by atoms with E-state index in [0.29, 0.717) is 16.4 Å². The topological polar surface area (TPSA) is 79.4 Å². The van der Waals surface area contributed by atoms with Gasteiger partial charge in [-0.25, -0.2) is 13.4 Å². The van der Waals surface area contributed by atoms with Crippen molar-refractivity contribution in [3.63, 3.8) is 0 Å². The number of nitrogens with one attached hydrogen (secondary N) is 1. The molecule has 104 valence electrons. The molecule has 1 aliphatic rings. The summed E-state index contributed by atoms with van der Waals surface area (Å²) in [5, 5.41) is 3.16. The monoisotopic (exact) mass is 303 g/mol. The first-order valence-electron chi connectivity index (χ1n) is 5.76. The number of carbonyl (C=O) groups excluding carboxylic acids is 1. The molecule has 2 heterocycles. The van der Waals surface area contributed by atoms with Gasteiger partial charge in [0.25, 0.3) is 5.91 Å². The fraction of sp³-hybridized carbons (Fsp3) is 0.455. The van der Waals surface area contributed by atoms with Crippen LogP contribution in [-0.2, 0) is 9.84 Å². The summed E-state index contributed by atoms with van der Waals surface area (Å²) in [6, 6.07) is 1.53. The third-order valence-corrected chi connectivity index (χ3v) is 4.85. The van der Waals surface area contributed by atoms with Crippen molar-refractivity contribution in [2.45, 2.75) is 0 Å². The highest BCUT2D eigenvalue weighted by Crippen LogP contribution is 2.20. The molecule has 0 spiro atoms. The van der Waals surface area contributed by atoms with Crippen LogP contribution in [0.2, 0.25) is 5.02 Å². The molecular weight excluding hydrogens is 290 g/mol. The number of hydrogen-bond acceptors (Lipinski definition) is 5. The van der Waals surface area contributed by atoms with Crippen molar-refractivity contribution in [2.75, 3.05) is 37.0 Å². The third-order valence-electron chi connectivity index (χ3n) is 2.96. The molecule has 0 aromatic carbocycles. The molecule has 1 aromatic heterocycles. The minimum Gasteiger partial charge on any atom is -0.372 e. The van der Waals surface area contributed by atoms with Crippen molar-refractivity contribution in [2.24, 2.45) is 0 Å². The lowest BCUT2D eigenvalue weighted by Gasteiger charge is -2.26. The minimum atomic E-state index is -3.00. The fourth-order valence-electron chi connectivity index (χ4n) is 1.84. The number of anilines is 1. The number of carbonyl (C=O) groups is 1. The predicted molar refractivity (Wildman–Crippen MR) is 73.4 cm³/mol. The van der Waals surface area contributed by atoms with Crippen LogP contribution in [0.5, 0.6) is 0 Å². The molecular formula is C11H14ClN3O3S. The minimum absolute atomic E-state index is 0.00843. The van der Waals surface area contributed by atoms with Gasteiger partial charge in [-0.3, -0.25) is 4.79 Å². The van der Waals surface area contributed by atoms with Gasteiger partial charge in [-0.05, 0) is 6.07 Å². The van der Waals surface area contributed by atoms with Crippen molar-refractivity contribution < 1.29 is 13.2 Å². The van der Waals surface area contributed by atoms with E-state index in [-0.39, 0.29) is 30.5 Å². The summed E-state index contributed by atoms with van der Waals surface area (Å²) < 4.78 is 22.6. The Morgan fingerprint density at radius 2 is 2.05 bits per heavy atom. The van der Waals surface area contributed by atoms with Crippen LogP contribution in [0.1, 0.15) is 10.4 Å². The smallest absolute Gasteiger partial charge is 0.255 e. The average molecular weight is 304 g/mol. The van der Waals surface area contributed by atoms with Gasteiger partial charge in [0, 0.05) is 26.3 Å². The van der Waals surface area contributed by atoms with Gasteiger partial charge in [-0.15, -0.1) is 0 Å². The van der Waals surface area contributed by atoms with E-state index < -0.39 is 9.84 Å². The van der Waals surface area contributed by atoms with Crippen LogP contribution in [0.3, 0.4) is 0 Å². The number of pyridine rings is 1. The van der Waals surface area contributed by atoms with Crippen molar-refractivity contribution in [3.8, 4) is 0 Å². The number of halogens is 1. The quantitative estimate of drug-likeness (QED) is 0.867. The van der Waals surface area contributed by atoms with Gasteiger partial charge >= 0.3 is 0 Å². The highest BCUT2D eigenvalue weighted by Gasteiger charge is 2.26. The van der Waals surface area contributed by atoms with Gasteiger partial charge in [-0.1, -0.05) is 11.6 Å². The van der Waals surface area contributed by atoms with Gasteiger partial charge in [0.1, 0.15) is 5.82 Å². The highest BCUT2D eigenvalue weighted by atomic mass is 35.5. The molecule has 0 radical (unpaired) electrons. The Labute approximate surface area is 116 Å². The summed E-state index contributed by atoms with van der Waals surface area (Å²) in [6.07, 6.45) is 1.43. The van der Waals surface area contributed by atoms with Crippen molar-refractivity contribution in [3.05, 3.63) is 22.8 Å². The second kappa shape index (κ2) is 5.34. The Hall–Kier alpha value is -1.34. The molecule has 19 heavy (non-hydrogen) atoms. The van der Waals surface area contributed by atoms with E-state index in [1.807, 2.05) is 0 Å². The first-order valence-corrected chi connectivity index (χ1v) is 7.96. The number of rotatable bonds is 2. The van der Waals surface area contributed by atoms with E-state index in [2.05, 4.69) is 10.3 Å².